The molecular formula is C21H32O3. The highest BCUT2D eigenvalue weighted by Crippen LogP contribution is 2.72. The Balaban J connectivity index is 1.74. The third-order valence-electron chi connectivity index (χ3n) is 8.81. The Kier molecular flexibility index (Phi) is 3.37. The van der Waals surface area contributed by atoms with Gasteiger partial charge in [0.05, 0.1) is 18.1 Å². The van der Waals surface area contributed by atoms with Crippen molar-refractivity contribution in [2.45, 2.75) is 77.2 Å². The molecule has 4 fully saturated rings. The van der Waals surface area contributed by atoms with Crippen molar-refractivity contribution >= 4 is 5.97 Å². The maximum Gasteiger partial charge on any atom is 0.311 e. The molecule has 4 aliphatic rings. The molecule has 0 saturated heterocycles. The molecule has 4 rings (SSSR count). The summed E-state index contributed by atoms with van der Waals surface area (Å²) in [5, 5.41) is 11.0. The predicted molar refractivity (Wildman–Crippen MR) is 93.3 cm³/mol. The molecule has 0 amide bonds. The largest absolute Gasteiger partial charge is 0.469 e. The number of carbonyl (C=O) groups is 1. The summed E-state index contributed by atoms with van der Waals surface area (Å²) in [5.41, 5.74) is 0.528. The van der Waals surface area contributed by atoms with Crippen molar-refractivity contribution in [2.24, 2.45) is 28.1 Å². The Morgan fingerprint density at radius 2 is 1.88 bits per heavy atom. The Morgan fingerprint density at radius 1 is 1.17 bits per heavy atom. The fourth-order valence-electron chi connectivity index (χ4n) is 7.83. The lowest BCUT2D eigenvalue weighted by Crippen LogP contribution is -2.59. The third kappa shape index (κ3) is 1.85. The number of rotatable bonds is 1. The summed E-state index contributed by atoms with van der Waals surface area (Å²) in [6, 6.07) is 0. The average Bonchev–Trinajstić information content (AvgIpc) is 2.70. The smallest absolute Gasteiger partial charge is 0.311 e. The Morgan fingerprint density at radius 3 is 2.58 bits per heavy atom. The number of hydrogen-bond acceptors (Lipinski definition) is 3. The fourth-order valence-corrected chi connectivity index (χ4v) is 7.83. The maximum atomic E-state index is 12.6. The van der Waals surface area contributed by atoms with Crippen LogP contribution in [0.25, 0.3) is 0 Å². The van der Waals surface area contributed by atoms with Crippen LogP contribution in [0.5, 0.6) is 0 Å². The van der Waals surface area contributed by atoms with E-state index in [1.165, 1.54) is 13.5 Å². The van der Waals surface area contributed by atoms with Gasteiger partial charge in [0.25, 0.3) is 0 Å². The van der Waals surface area contributed by atoms with Crippen molar-refractivity contribution in [3.8, 4) is 0 Å². The van der Waals surface area contributed by atoms with Gasteiger partial charge in [0.2, 0.25) is 0 Å². The van der Waals surface area contributed by atoms with Gasteiger partial charge in [-0.25, -0.2) is 0 Å². The Hall–Kier alpha value is -0.830. The first-order chi connectivity index (χ1) is 11.2. The van der Waals surface area contributed by atoms with Crippen molar-refractivity contribution in [2.75, 3.05) is 7.11 Å². The molecule has 1 spiro atoms. The molecule has 0 aromatic rings. The van der Waals surface area contributed by atoms with Crippen molar-refractivity contribution < 1.29 is 14.6 Å². The SMILES string of the molecule is C=C1C[C@@]23CCC4[C@@](C)(CCC[C@@]4(C)C(=O)OC)C2CC[C@]1(O)C3. The lowest BCUT2D eigenvalue weighted by molar-refractivity contribution is -0.188. The number of aliphatic hydroxyl groups is 1. The molecule has 0 radical (unpaired) electrons. The monoisotopic (exact) mass is 332 g/mol. The number of ether oxygens (including phenoxy) is 1. The Bertz CT molecular complexity index is 598. The summed E-state index contributed by atoms with van der Waals surface area (Å²) in [4.78, 5) is 12.6. The van der Waals surface area contributed by atoms with Gasteiger partial charge >= 0.3 is 5.97 Å². The molecule has 0 heterocycles. The van der Waals surface area contributed by atoms with E-state index in [0.717, 1.165) is 56.9 Å². The fraction of sp³-hybridized carbons (Fsp3) is 0.857. The number of esters is 1. The number of methoxy groups -OCH3 is 1. The van der Waals surface area contributed by atoms with Crippen LogP contribution < -0.4 is 0 Å². The van der Waals surface area contributed by atoms with Gasteiger partial charge in [-0.3, -0.25) is 4.79 Å². The molecule has 24 heavy (non-hydrogen) atoms. The van der Waals surface area contributed by atoms with Crippen molar-refractivity contribution in [1.29, 1.82) is 0 Å². The second kappa shape index (κ2) is 4.87. The van der Waals surface area contributed by atoms with Gasteiger partial charge in [-0.15, -0.1) is 0 Å². The maximum absolute atomic E-state index is 12.6. The molecule has 3 heteroatoms. The minimum atomic E-state index is -0.611. The average molecular weight is 332 g/mol. The molecular weight excluding hydrogens is 300 g/mol. The van der Waals surface area contributed by atoms with E-state index in [4.69, 9.17) is 4.74 Å². The molecule has 4 saturated carbocycles. The molecule has 134 valence electrons. The van der Waals surface area contributed by atoms with Crippen LogP contribution >= 0.6 is 0 Å². The second-order valence-electron chi connectivity index (χ2n) is 9.80. The van der Waals surface area contributed by atoms with E-state index in [2.05, 4.69) is 20.4 Å². The van der Waals surface area contributed by atoms with Crippen molar-refractivity contribution in [1.82, 2.24) is 0 Å². The standard InChI is InChI=1S/C21H32O3/c1-14-12-20-10-6-15-18(2,16(20)7-11-21(14,23)13-20)8-5-9-19(15,3)17(22)24-4/h15-16,23H,1,5-13H2,2-4H3/t15?,16?,18-,19-,20-,21+/m1/s1. The van der Waals surface area contributed by atoms with Gasteiger partial charge in [0.15, 0.2) is 0 Å². The molecule has 0 aromatic heterocycles. The van der Waals surface area contributed by atoms with Crippen molar-refractivity contribution in [3.63, 3.8) is 0 Å². The molecule has 2 unspecified atom stereocenters. The lowest BCUT2D eigenvalue weighted by atomic mass is 9.41. The summed E-state index contributed by atoms with van der Waals surface area (Å²) in [6.45, 7) is 8.81. The molecule has 3 nitrogen and oxygen atoms in total. The van der Waals surface area contributed by atoms with E-state index in [1.807, 2.05) is 0 Å². The quantitative estimate of drug-likeness (QED) is 0.577. The summed E-state index contributed by atoms with van der Waals surface area (Å²) < 4.78 is 5.22. The van der Waals surface area contributed by atoms with Crippen LogP contribution in [0.4, 0.5) is 0 Å². The van der Waals surface area contributed by atoms with Crippen LogP contribution in [-0.2, 0) is 9.53 Å². The first kappa shape index (κ1) is 16.6. The minimum Gasteiger partial charge on any atom is -0.469 e. The second-order valence-corrected chi connectivity index (χ2v) is 9.80. The molecule has 0 aliphatic heterocycles. The zero-order valence-electron chi connectivity index (χ0n) is 15.5. The molecule has 6 atom stereocenters. The van der Waals surface area contributed by atoms with E-state index in [-0.39, 0.29) is 22.2 Å². The minimum absolute atomic E-state index is 0.0162. The summed E-state index contributed by atoms with van der Waals surface area (Å²) in [5.74, 6) is 0.993. The molecule has 1 N–H and O–H groups in total. The molecule has 0 aromatic carbocycles. The van der Waals surface area contributed by atoms with Crippen LogP contribution in [0, 0.1) is 28.1 Å². The number of hydrogen-bond donors (Lipinski definition) is 1. The summed E-state index contributed by atoms with van der Waals surface area (Å²) >= 11 is 0. The van der Waals surface area contributed by atoms with Gasteiger partial charge in [-0.2, -0.15) is 0 Å². The third-order valence-corrected chi connectivity index (χ3v) is 8.81. The molecule has 2 bridgehead atoms. The zero-order valence-corrected chi connectivity index (χ0v) is 15.5. The van der Waals surface area contributed by atoms with Crippen LogP contribution in [0.3, 0.4) is 0 Å². The van der Waals surface area contributed by atoms with Crippen LogP contribution in [0.15, 0.2) is 12.2 Å². The predicted octanol–water partition coefficient (Wildman–Crippen LogP) is 4.24. The highest BCUT2D eigenvalue weighted by atomic mass is 16.5. The van der Waals surface area contributed by atoms with Crippen LogP contribution in [0.1, 0.15) is 71.6 Å². The van der Waals surface area contributed by atoms with E-state index >= 15 is 0 Å². The summed E-state index contributed by atoms with van der Waals surface area (Å²) in [6.07, 6.45) is 9.32. The van der Waals surface area contributed by atoms with E-state index in [0.29, 0.717) is 11.8 Å². The highest BCUT2D eigenvalue weighted by molar-refractivity contribution is 5.77. The first-order valence-corrected chi connectivity index (χ1v) is 9.69. The highest BCUT2D eigenvalue weighted by Gasteiger charge is 2.67. The van der Waals surface area contributed by atoms with Crippen LogP contribution in [0.2, 0.25) is 0 Å². The normalized spacial score (nSPS) is 53.2. The van der Waals surface area contributed by atoms with Gasteiger partial charge < -0.3 is 9.84 Å². The number of fused-ring (bicyclic) bond motifs is 3. The lowest BCUT2D eigenvalue weighted by Gasteiger charge is -2.63. The van der Waals surface area contributed by atoms with Crippen LogP contribution in [-0.4, -0.2) is 23.8 Å². The van der Waals surface area contributed by atoms with Gasteiger partial charge in [0, 0.05) is 0 Å². The number of carbonyl (C=O) groups excluding carboxylic acids is 1. The molecule has 4 aliphatic carbocycles. The topological polar surface area (TPSA) is 46.5 Å². The van der Waals surface area contributed by atoms with E-state index < -0.39 is 5.60 Å². The summed E-state index contributed by atoms with van der Waals surface area (Å²) in [7, 11) is 1.53. The van der Waals surface area contributed by atoms with Gasteiger partial charge in [-0.05, 0) is 86.5 Å². The van der Waals surface area contributed by atoms with E-state index in [1.54, 1.807) is 0 Å². The van der Waals surface area contributed by atoms with Gasteiger partial charge in [0.1, 0.15) is 0 Å². The zero-order chi connectivity index (χ0) is 17.4. The first-order valence-electron chi connectivity index (χ1n) is 9.69. The van der Waals surface area contributed by atoms with Crippen molar-refractivity contribution in [3.05, 3.63) is 12.2 Å². The van der Waals surface area contributed by atoms with E-state index in [9.17, 15) is 9.90 Å². The Labute approximate surface area is 145 Å². The van der Waals surface area contributed by atoms with Gasteiger partial charge in [-0.1, -0.05) is 19.9 Å².